The standard InChI is InChI=1S/C46H34N2/c1-31-19-20-32-11-5-7-15-37(32)44-38-16-8-6-12-33(38)23-26-43(44)46(31)41-18-10-9-17-39(41)40-27-29-48-45(34-13-3-2-4-14-34)35-21-24-36(25-22-35)47-30-28-42(40)46/h2-21,23-30,35,47H,1,22H2/b20-19-,29-27-,30-28+,48-45?. The Hall–Kier alpha value is -5.99. The Morgan fingerprint density at radius 2 is 1.48 bits per heavy atom. The molecule has 5 aliphatic rings. The van der Waals surface area contributed by atoms with Crippen LogP contribution in [-0.2, 0) is 5.41 Å². The molecule has 1 N–H and O–H groups in total. The molecule has 228 valence electrons. The van der Waals surface area contributed by atoms with Gasteiger partial charge in [-0.15, -0.1) is 0 Å². The first kappa shape index (κ1) is 28.3. The zero-order valence-corrected chi connectivity index (χ0v) is 26.6. The Morgan fingerprint density at radius 3 is 2.35 bits per heavy atom. The Balaban J connectivity index is 1.37. The fourth-order valence-electron chi connectivity index (χ4n) is 8.14. The smallest absolute Gasteiger partial charge is 0.0714 e. The van der Waals surface area contributed by atoms with Crippen LogP contribution in [0.25, 0.3) is 33.5 Å². The summed E-state index contributed by atoms with van der Waals surface area (Å²) in [4.78, 5) is 5.21. The molecule has 2 unspecified atom stereocenters. The molecule has 2 aliphatic heterocycles. The molecule has 3 aliphatic carbocycles. The minimum atomic E-state index is -0.646. The van der Waals surface area contributed by atoms with Gasteiger partial charge in [-0.05, 0) is 91.1 Å². The first-order valence-electron chi connectivity index (χ1n) is 16.7. The van der Waals surface area contributed by atoms with Gasteiger partial charge in [0.1, 0.15) is 0 Å². The zero-order valence-electron chi connectivity index (χ0n) is 26.6. The monoisotopic (exact) mass is 614 g/mol. The summed E-state index contributed by atoms with van der Waals surface area (Å²) in [5.74, 6) is 0.193. The molecule has 0 saturated carbocycles. The molecular formula is C46H34N2. The number of allylic oxidation sites excluding steroid dienone is 9. The summed E-state index contributed by atoms with van der Waals surface area (Å²) in [7, 11) is 0. The van der Waals surface area contributed by atoms with Gasteiger partial charge in [0, 0.05) is 24.0 Å². The molecule has 2 nitrogen and oxygen atoms in total. The van der Waals surface area contributed by atoms with Crippen LogP contribution in [0.1, 0.15) is 34.2 Å². The van der Waals surface area contributed by atoms with E-state index in [-0.39, 0.29) is 5.92 Å². The van der Waals surface area contributed by atoms with Crippen LogP contribution in [-0.4, -0.2) is 5.71 Å². The average molecular weight is 615 g/mol. The number of hydrogen-bond donors (Lipinski definition) is 1. The van der Waals surface area contributed by atoms with Crippen molar-refractivity contribution in [3.63, 3.8) is 0 Å². The van der Waals surface area contributed by atoms with E-state index in [2.05, 4.69) is 169 Å². The summed E-state index contributed by atoms with van der Waals surface area (Å²) in [6.07, 6.45) is 20.7. The Kier molecular flexibility index (Phi) is 6.69. The summed E-state index contributed by atoms with van der Waals surface area (Å²) in [5.41, 5.74) is 13.3. The van der Waals surface area contributed by atoms with Crippen LogP contribution in [0.15, 0.2) is 193 Å². The summed E-state index contributed by atoms with van der Waals surface area (Å²) >= 11 is 0. The van der Waals surface area contributed by atoms with Gasteiger partial charge < -0.3 is 5.32 Å². The fourth-order valence-corrected chi connectivity index (χ4v) is 8.14. The van der Waals surface area contributed by atoms with E-state index in [1.165, 1.54) is 49.7 Å². The lowest BCUT2D eigenvalue weighted by molar-refractivity contribution is 0.765. The number of rotatable bonds is 1. The molecule has 5 aromatic carbocycles. The van der Waals surface area contributed by atoms with Gasteiger partial charge in [-0.2, -0.15) is 0 Å². The van der Waals surface area contributed by atoms with Gasteiger partial charge in [0.25, 0.3) is 0 Å². The largest absolute Gasteiger partial charge is 0.362 e. The Bertz CT molecular complexity index is 2360. The predicted octanol–water partition coefficient (Wildman–Crippen LogP) is 10.7. The minimum Gasteiger partial charge on any atom is -0.362 e. The van der Waals surface area contributed by atoms with Crippen molar-refractivity contribution in [3.8, 4) is 11.1 Å². The van der Waals surface area contributed by atoms with Gasteiger partial charge in [-0.25, -0.2) is 0 Å². The highest BCUT2D eigenvalue weighted by Crippen LogP contribution is 2.59. The predicted molar refractivity (Wildman–Crippen MR) is 201 cm³/mol. The lowest BCUT2D eigenvalue weighted by atomic mass is 9.63. The highest BCUT2D eigenvalue weighted by molar-refractivity contribution is 6.05. The van der Waals surface area contributed by atoms with Gasteiger partial charge in [0.15, 0.2) is 0 Å². The molecule has 0 saturated heterocycles. The molecule has 0 radical (unpaired) electrons. The topological polar surface area (TPSA) is 24.4 Å². The van der Waals surface area contributed by atoms with Crippen LogP contribution in [0.3, 0.4) is 0 Å². The lowest BCUT2D eigenvalue weighted by Gasteiger charge is -2.38. The van der Waals surface area contributed by atoms with Gasteiger partial charge in [0.05, 0.1) is 11.1 Å². The molecule has 2 atom stereocenters. The molecule has 48 heavy (non-hydrogen) atoms. The van der Waals surface area contributed by atoms with Crippen molar-refractivity contribution in [3.05, 3.63) is 215 Å². The second-order valence-corrected chi connectivity index (χ2v) is 12.8. The Labute approximate surface area is 281 Å². The van der Waals surface area contributed by atoms with E-state index >= 15 is 0 Å². The third-order valence-corrected chi connectivity index (χ3v) is 10.3. The van der Waals surface area contributed by atoms with Gasteiger partial charge in [-0.3, -0.25) is 4.99 Å². The fraction of sp³-hybridized carbons (Fsp3) is 0.0652. The van der Waals surface area contributed by atoms with Crippen molar-refractivity contribution in [1.29, 1.82) is 0 Å². The van der Waals surface area contributed by atoms with Crippen LogP contribution < -0.4 is 5.32 Å². The summed E-state index contributed by atoms with van der Waals surface area (Å²) in [6, 6.07) is 41.5. The third kappa shape index (κ3) is 4.30. The van der Waals surface area contributed by atoms with Crippen molar-refractivity contribution in [2.75, 3.05) is 0 Å². The van der Waals surface area contributed by atoms with Gasteiger partial charge in [0.2, 0.25) is 0 Å². The van der Waals surface area contributed by atoms with E-state index in [0.29, 0.717) is 0 Å². The second kappa shape index (κ2) is 11.4. The highest BCUT2D eigenvalue weighted by atomic mass is 14.8. The summed E-state index contributed by atoms with van der Waals surface area (Å²) in [5, 5.41) is 6.08. The second-order valence-electron chi connectivity index (χ2n) is 12.8. The number of hydrogen-bond acceptors (Lipinski definition) is 2. The third-order valence-electron chi connectivity index (χ3n) is 10.3. The van der Waals surface area contributed by atoms with Crippen LogP contribution in [0.4, 0.5) is 0 Å². The molecule has 10 rings (SSSR count). The molecule has 1 spiro atoms. The average Bonchev–Trinajstić information content (AvgIpc) is 3.43. The highest BCUT2D eigenvalue weighted by Gasteiger charge is 2.48. The first-order valence-corrected chi connectivity index (χ1v) is 16.7. The molecular weight excluding hydrogens is 581 g/mol. The molecule has 2 heteroatoms. The minimum absolute atomic E-state index is 0.193. The van der Waals surface area contributed by atoms with E-state index in [4.69, 9.17) is 11.6 Å². The van der Waals surface area contributed by atoms with Crippen molar-refractivity contribution in [1.82, 2.24) is 5.32 Å². The van der Waals surface area contributed by atoms with Crippen LogP contribution in [0.5, 0.6) is 0 Å². The first-order chi connectivity index (χ1) is 23.7. The van der Waals surface area contributed by atoms with E-state index in [0.717, 1.165) is 34.5 Å². The molecule has 5 aromatic rings. The van der Waals surface area contributed by atoms with Crippen molar-refractivity contribution in [2.24, 2.45) is 10.9 Å². The number of fused-ring (bicyclic) bond motifs is 11. The van der Waals surface area contributed by atoms with E-state index in [1.54, 1.807) is 0 Å². The molecule has 0 fully saturated rings. The van der Waals surface area contributed by atoms with Gasteiger partial charge >= 0.3 is 0 Å². The van der Waals surface area contributed by atoms with Crippen LogP contribution in [0.2, 0.25) is 0 Å². The molecule has 0 aromatic heterocycles. The van der Waals surface area contributed by atoms with Gasteiger partial charge in [-0.1, -0.05) is 146 Å². The number of nitrogens with zero attached hydrogens (tertiary/aromatic N) is 1. The zero-order chi connectivity index (χ0) is 32.1. The molecule has 2 heterocycles. The van der Waals surface area contributed by atoms with E-state index in [9.17, 15) is 0 Å². The van der Waals surface area contributed by atoms with Crippen LogP contribution >= 0.6 is 0 Å². The van der Waals surface area contributed by atoms with Crippen molar-refractivity contribution < 1.29 is 0 Å². The van der Waals surface area contributed by atoms with E-state index < -0.39 is 5.41 Å². The number of nitrogens with one attached hydrogen (secondary N) is 1. The van der Waals surface area contributed by atoms with Crippen molar-refractivity contribution >= 4 is 28.1 Å². The molecule has 0 amide bonds. The maximum absolute atomic E-state index is 5.21. The maximum atomic E-state index is 5.21. The number of aliphatic imine (C=N–C) groups is 1. The quantitative estimate of drug-likeness (QED) is 0.200. The Morgan fingerprint density at radius 1 is 0.688 bits per heavy atom. The van der Waals surface area contributed by atoms with E-state index in [1.807, 2.05) is 6.20 Å². The number of benzene rings is 5. The van der Waals surface area contributed by atoms with Crippen molar-refractivity contribution in [2.45, 2.75) is 11.8 Å². The molecule has 2 bridgehead atoms. The summed E-state index contributed by atoms with van der Waals surface area (Å²) in [6.45, 7) is 4.88. The summed E-state index contributed by atoms with van der Waals surface area (Å²) < 4.78 is 0. The SMILES string of the molecule is C=C1/C=C\c2ccccc2-c2c(ccc3ccccc23)C12C1=C(/C=C\N=C(c3ccccc3)C3C=CC(=CC3)N/C=C/1)c1ccccc12. The lowest BCUT2D eigenvalue weighted by Crippen LogP contribution is -2.31. The maximum Gasteiger partial charge on any atom is 0.0714 e. The van der Waals surface area contributed by atoms with Crippen LogP contribution in [0, 0.1) is 5.92 Å². The normalized spacial score (nSPS) is 22.8.